The molecule has 0 aliphatic heterocycles. The van der Waals surface area contributed by atoms with Crippen molar-refractivity contribution < 1.29 is 9.18 Å². The molecule has 1 N–H and O–H groups in total. The van der Waals surface area contributed by atoms with Crippen molar-refractivity contribution in [3.63, 3.8) is 0 Å². The molecule has 0 heterocycles. The van der Waals surface area contributed by atoms with E-state index in [0.29, 0.717) is 17.8 Å². The van der Waals surface area contributed by atoms with Gasteiger partial charge in [-0.25, -0.2) is 4.39 Å². The monoisotopic (exact) mass is 300 g/mol. The van der Waals surface area contributed by atoms with E-state index in [-0.39, 0.29) is 17.6 Å². The van der Waals surface area contributed by atoms with Crippen LogP contribution in [0.5, 0.6) is 0 Å². The second-order valence-electron chi connectivity index (χ2n) is 5.61. The number of nitrogens with zero attached hydrogens (tertiary/aromatic N) is 1. The zero-order valence-electron chi connectivity index (χ0n) is 13.1. The van der Waals surface area contributed by atoms with Crippen LogP contribution in [0.15, 0.2) is 48.5 Å². The molecular weight excluding hydrogens is 279 g/mol. The predicted octanol–water partition coefficient (Wildman–Crippen LogP) is 3.23. The maximum atomic E-state index is 14.3. The van der Waals surface area contributed by atoms with Gasteiger partial charge in [-0.3, -0.25) is 9.69 Å². The molecule has 0 aliphatic carbocycles. The SMILES string of the molecule is CC(C(=O)NCN(C)C)c1ccc(-c2ccccc2)c(F)c1. The average molecular weight is 300 g/mol. The van der Waals surface area contributed by atoms with Crippen LogP contribution in [0.25, 0.3) is 11.1 Å². The van der Waals surface area contributed by atoms with Gasteiger partial charge in [0.05, 0.1) is 12.6 Å². The molecule has 2 aromatic rings. The summed E-state index contributed by atoms with van der Waals surface area (Å²) in [5.41, 5.74) is 2.05. The zero-order chi connectivity index (χ0) is 16.1. The van der Waals surface area contributed by atoms with Gasteiger partial charge in [0.25, 0.3) is 0 Å². The summed E-state index contributed by atoms with van der Waals surface area (Å²) in [6.07, 6.45) is 0. The van der Waals surface area contributed by atoms with E-state index in [4.69, 9.17) is 0 Å². The molecule has 116 valence electrons. The van der Waals surface area contributed by atoms with E-state index in [1.54, 1.807) is 13.0 Å². The molecular formula is C18H21FN2O. The van der Waals surface area contributed by atoms with Crippen LogP contribution in [-0.2, 0) is 4.79 Å². The molecule has 1 amide bonds. The lowest BCUT2D eigenvalue weighted by Gasteiger charge is -2.16. The fraction of sp³-hybridized carbons (Fsp3) is 0.278. The fourth-order valence-electron chi connectivity index (χ4n) is 2.19. The largest absolute Gasteiger partial charge is 0.343 e. The molecule has 0 saturated carbocycles. The van der Waals surface area contributed by atoms with E-state index in [0.717, 1.165) is 5.56 Å². The Hall–Kier alpha value is -2.20. The van der Waals surface area contributed by atoms with Crippen molar-refractivity contribution in [3.05, 3.63) is 59.9 Å². The Kier molecular flexibility index (Phi) is 5.28. The van der Waals surface area contributed by atoms with Gasteiger partial charge in [-0.05, 0) is 38.2 Å². The first-order valence-electron chi connectivity index (χ1n) is 7.26. The topological polar surface area (TPSA) is 32.3 Å². The summed E-state index contributed by atoms with van der Waals surface area (Å²) in [5, 5.41) is 2.81. The van der Waals surface area contributed by atoms with Gasteiger partial charge in [-0.15, -0.1) is 0 Å². The molecule has 0 radical (unpaired) electrons. The molecule has 0 bridgehead atoms. The van der Waals surface area contributed by atoms with Crippen LogP contribution in [0.1, 0.15) is 18.4 Å². The number of amides is 1. The highest BCUT2D eigenvalue weighted by atomic mass is 19.1. The van der Waals surface area contributed by atoms with Gasteiger partial charge in [0.15, 0.2) is 0 Å². The quantitative estimate of drug-likeness (QED) is 0.860. The summed E-state index contributed by atoms with van der Waals surface area (Å²) in [7, 11) is 3.75. The minimum atomic E-state index is -0.390. The number of carbonyl (C=O) groups excluding carboxylic acids is 1. The van der Waals surface area contributed by atoms with Crippen molar-refractivity contribution in [1.29, 1.82) is 0 Å². The molecule has 4 heteroatoms. The van der Waals surface area contributed by atoms with Crippen LogP contribution in [0.2, 0.25) is 0 Å². The third kappa shape index (κ3) is 3.92. The van der Waals surface area contributed by atoms with Crippen LogP contribution in [0, 0.1) is 5.82 Å². The lowest BCUT2D eigenvalue weighted by Crippen LogP contribution is -2.35. The van der Waals surface area contributed by atoms with Gasteiger partial charge in [-0.2, -0.15) is 0 Å². The molecule has 1 atom stereocenters. The molecule has 0 spiro atoms. The van der Waals surface area contributed by atoms with E-state index in [9.17, 15) is 9.18 Å². The number of rotatable bonds is 5. The second-order valence-corrected chi connectivity index (χ2v) is 5.61. The van der Waals surface area contributed by atoms with Gasteiger partial charge < -0.3 is 5.32 Å². The number of nitrogens with one attached hydrogen (secondary N) is 1. The highest BCUT2D eigenvalue weighted by Crippen LogP contribution is 2.26. The minimum absolute atomic E-state index is 0.111. The zero-order valence-corrected chi connectivity index (χ0v) is 13.1. The average Bonchev–Trinajstić information content (AvgIpc) is 2.52. The van der Waals surface area contributed by atoms with Gasteiger partial charge in [0, 0.05) is 5.56 Å². The maximum absolute atomic E-state index is 14.3. The first-order chi connectivity index (χ1) is 10.5. The highest BCUT2D eigenvalue weighted by Gasteiger charge is 2.17. The standard InChI is InChI=1S/C18H21FN2O/c1-13(18(22)20-12-21(2)3)15-9-10-16(17(19)11-15)14-7-5-4-6-8-14/h4-11,13H,12H2,1-3H3,(H,20,22). The number of halogens is 1. The van der Waals surface area contributed by atoms with E-state index < -0.39 is 0 Å². The van der Waals surface area contributed by atoms with Crippen molar-refractivity contribution in [2.24, 2.45) is 0 Å². The summed E-state index contributed by atoms with van der Waals surface area (Å²) in [6.45, 7) is 2.25. The molecule has 1 unspecified atom stereocenters. The van der Waals surface area contributed by atoms with E-state index in [2.05, 4.69) is 5.32 Å². The third-order valence-corrected chi connectivity index (χ3v) is 3.54. The van der Waals surface area contributed by atoms with Crippen LogP contribution in [-0.4, -0.2) is 31.6 Å². The number of hydrogen-bond donors (Lipinski definition) is 1. The molecule has 22 heavy (non-hydrogen) atoms. The van der Waals surface area contributed by atoms with Crippen molar-refractivity contribution in [2.75, 3.05) is 20.8 Å². The lowest BCUT2D eigenvalue weighted by atomic mass is 9.96. The summed E-state index contributed by atoms with van der Waals surface area (Å²) >= 11 is 0. The molecule has 3 nitrogen and oxygen atoms in total. The first-order valence-corrected chi connectivity index (χ1v) is 7.26. The second kappa shape index (κ2) is 7.18. The Bertz CT molecular complexity index is 641. The van der Waals surface area contributed by atoms with Crippen LogP contribution in [0.4, 0.5) is 4.39 Å². The van der Waals surface area contributed by atoms with Crippen molar-refractivity contribution in [1.82, 2.24) is 10.2 Å². The van der Waals surface area contributed by atoms with Crippen LogP contribution >= 0.6 is 0 Å². The Balaban J connectivity index is 2.17. The fourth-order valence-corrected chi connectivity index (χ4v) is 2.19. The van der Waals surface area contributed by atoms with Crippen molar-refractivity contribution >= 4 is 5.91 Å². The molecule has 0 fully saturated rings. The molecule has 0 aliphatic rings. The third-order valence-electron chi connectivity index (χ3n) is 3.54. The summed E-state index contributed by atoms with van der Waals surface area (Å²) < 4.78 is 14.3. The molecule has 0 aromatic heterocycles. The number of benzene rings is 2. The summed E-state index contributed by atoms with van der Waals surface area (Å²) in [4.78, 5) is 13.9. The Morgan fingerprint density at radius 1 is 1.18 bits per heavy atom. The Morgan fingerprint density at radius 3 is 2.45 bits per heavy atom. The summed E-state index contributed by atoms with van der Waals surface area (Å²) in [5.74, 6) is -0.809. The summed E-state index contributed by atoms with van der Waals surface area (Å²) in [6, 6.07) is 14.4. The van der Waals surface area contributed by atoms with Gasteiger partial charge >= 0.3 is 0 Å². The smallest absolute Gasteiger partial charge is 0.228 e. The Morgan fingerprint density at radius 2 is 1.86 bits per heavy atom. The molecule has 2 rings (SSSR count). The number of hydrogen-bond acceptors (Lipinski definition) is 2. The van der Waals surface area contributed by atoms with E-state index in [1.165, 1.54) is 6.07 Å². The highest BCUT2D eigenvalue weighted by molar-refractivity contribution is 5.83. The van der Waals surface area contributed by atoms with Crippen LogP contribution in [0.3, 0.4) is 0 Å². The van der Waals surface area contributed by atoms with Crippen molar-refractivity contribution in [2.45, 2.75) is 12.8 Å². The molecule has 0 saturated heterocycles. The lowest BCUT2D eigenvalue weighted by molar-refractivity contribution is -0.122. The maximum Gasteiger partial charge on any atom is 0.228 e. The van der Waals surface area contributed by atoms with E-state index >= 15 is 0 Å². The van der Waals surface area contributed by atoms with Gasteiger partial charge in [0.2, 0.25) is 5.91 Å². The number of carbonyl (C=O) groups is 1. The van der Waals surface area contributed by atoms with Crippen LogP contribution < -0.4 is 5.32 Å². The first kappa shape index (κ1) is 16.2. The van der Waals surface area contributed by atoms with Gasteiger partial charge in [-0.1, -0.05) is 42.5 Å². The molecule has 2 aromatic carbocycles. The normalized spacial score (nSPS) is 12.2. The van der Waals surface area contributed by atoms with Crippen molar-refractivity contribution in [3.8, 4) is 11.1 Å². The predicted molar refractivity (Wildman–Crippen MR) is 86.9 cm³/mol. The van der Waals surface area contributed by atoms with E-state index in [1.807, 2.05) is 55.4 Å². The van der Waals surface area contributed by atoms with Gasteiger partial charge in [0.1, 0.15) is 5.82 Å². The minimum Gasteiger partial charge on any atom is -0.343 e. The Labute approximate surface area is 130 Å².